The Kier molecular flexibility index (Phi) is 6.76. The van der Waals surface area contributed by atoms with Crippen LogP contribution in [0.2, 0.25) is 0 Å². The largest absolute Gasteiger partial charge is 0.310 e. The van der Waals surface area contributed by atoms with Gasteiger partial charge in [-0.05, 0) is 93.1 Å². The molecular weight excluding hydrogens is 641 g/mol. The highest BCUT2D eigenvalue weighted by Gasteiger charge is 2.42. The maximum absolute atomic E-state index is 2.57. The second kappa shape index (κ2) is 11.8. The molecule has 11 rings (SSSR count). The van der Waals surface area contributed by atoms with Gasteiger partial charge in [-0.3, -0.25) is 0 Å². The smallest absolute Gasteiger partial charge is 0.0561 e. The van der Waals surface area contributed by atoms with Crippen molar-refractivity contribution in [1.82, 2.24) is 4.57 Å². The SMILES string of the molecule is CC1C=C(N(c2ccc3c4ccccc4n(-c4ccccc4)c3c2)c2cccc3c2C2=c4ccccc4=CC4=CC=CC3C42)C=C(c2ccccc2)C1. The number of aromatic nitrogens is 1. The van der Waals surface area contributed by atoms with Gasteiger partial charge < -0.3 is 9.47 Å². The van der Waals surface area contributed by atoms with Crippen LogP contribution in [0, 0.1) is 11.8 Å². The first-order valence-corrected chi connectivity index (χ1v) is 18.9. The van der Waals surface area contributed by atoms with Crippen LogP contribution in [-0.4, -0.2) is 4.57 Å². The van der Waals surface area contributed by atoms with E-state index in [9.17, 15) is 0 Å². The lowest BCUT2D eigenvalue weighted by Gasteiger charge is -2.33. The summed E-state index contributed by atoms with van der Waals surface area (Å²) in [6.07, 6.45) is 15.4. The third kappa shape index (κ3) is 4.65. The van der Waals surface area contributed by atoms with Crippen molar-refractivity contribution < 1.29 is 0 Å². The summed E-state index contributed by atoms with van der Waals surface area (Å²) in [5, 5.41) is 5.18. The molecule has 1 aromatic heterocycles. The van der Waals surface area contributed by atoms with E-state index in [-0.39, 0.29) is 0 Å². The minimum absolute atomic E-state index is 0.309. The van der Waals surface area contributed by atoms with Crippen LogP contribution in [0.5, 0.6) is 0 Å². The van der Waals surface area contributed by atoms with E-state index in [2.05, 4.69) is 198 Å². The van der Waals surface area contributed by atoms with Crippen molar-refractivity contribution in [3.63, 3.8) is 0 Å². The highest BCUT2D eigenvalue weighted by atomic mass is 15.2. The topological polar surface area (TPSA) is 8.17 Å². The summed E-state index contributed by atoms with van der Waals surface area (Å²) < 4.78 is 2.43. The maximum Gasteiger partial charge on any atom is 0.0561 e. The van der Waals surface area contributed by atoms with Crippen LogP contribution in [0.4, 0.5) is 11.4 Å². The number of hydrogen-bond donors (Lipinski definition) is 0. The summed E-state index contributed by atoms with van der Waals surface area (Å²) in [4.78, 5) is 2.57. The Morgan fingerprint density at radius 1 is 0.679 bits per heavy atom. The standard InChI is InChI=1S/C51H38N2/c1-33-28-37(34-14-4-2-5-15-34)31-40(29-33)52(39-26-27-43-42-21-10-11-24-46(42)53(48(43)32-39)38-18-6-3-7-19-38)47-25-13-23-45-44-22-12-17-36-30-35-16-8-9-20-41(35)51(49(36)44)50(45)47/h2-27,29-33,44,49H,28H2,1H3. The Balaban J connectivity index is 1.22. The van der Waals surface area contributed by atoms with Crippen molar-refractivity contribution in [3.05, 3.63) is 214 Å². The molecule has 0 saturated heterocycles. The molecule has 1 heterocycles. The molecule has 0 N–H and O–H groups in total. The summed E-state index contributed by atoms with van der Waals surface area (Å²) >= 11 is 0. The molecule has 0 aliphatic heterocycles. The van der Waals surface area contributed by atoms with Gasteiger partial charge in [0.25, 0.3) is 0 Å². The number of fused-ring (bicyclic) bond motifs is 7. The molecule has 0 saturated carbocycles. The Morgan fingerprint density at radius 3 is 2.34 bits per heavy atom. The minimum Gasteiger partial charge on any atom is -0.310 e. The minimum atomic E-state index is 0.309. The van der Waals surface area contributed by atoms with Gasteiger partial charge in [0.2, 0.25) is 0 Å². The van der Waals surface area contributed by atoms with Crippen molar-refractivity contribution in [2.75, 3.05) is 4.90 Å². The molecule has 0 amide bonds. The molecule has 7 aromatic rings. The zero-order valence-electron chi connectivity index (χ0n) is 29.7. The summed E-state index contributed by atoms with van der Waals surface area (Å²) in [6, 6.07) is 53.7. The predicted molar refractivity (Wildman–Crippen MR) is 222 cm³/mol. The van der Waals surface area contributed by atoms with E-state index in [0.717, 1.165) is 12.1 Å². The third-order valence-corrected chi connectivity index (χ3v) is 11.8. The summed E-state index contributed by atoms with van der Waals surface area (Å²) in [6.45, 7) is 2.36. The first-order valence-electron chi connectivity index (χ1n) is 18.9. The Bertz CT molecular complexity index is 2880. The second-order valence-electron chi connectivity index (χ2n) is 15.0. The average Bonchev–Trinajstić information content (AvgIpc) is 3.73. The summed E-state index contributed by atoms with van der Waals surface area (Å²) in [7, 11) is 0. The number of benzene rings is 6. The van der Waals surface area contributed by atoms with E-state index in [1.54, 1.807) is 0 Å². The van der Waals surface area contributed by atoms with Crippen molar-refractivity contribution in [2.24, 2.45) is 11.8 Å². The van der Waals surface area contributed by atoms with Crippen molar-refractivity contribution in [3.8, 4) is 5.69 Å². The van der Waals surface area contributed by atoms with E-state index in [0.29, 0.717) is 17.8 Å². The number of hydrogen-bond acceptors (Lipinski definition) is 1. The van der Waals surface area contributed by atoms with Crippen LogP contribution in [0.25, 0.3) is 44.7 Å². The Morgan fingerprint density at radius 2 is 1.45 bits per heavy atom. The third-order valence-electron chi connectivity index (χ3n) is 11.8. The van der Waals surface area contributed by atoms with Crippen LogP contribution >= 0.6 is 0 Å². The van der Waals surface area contributed by atoms with Gasteiger partial charge in [0, 0.05) is 45.2 Å². The lowest BCUT2D eigenvalue weighted by Crippen LogP contribution is -2.34. The van der Waals surface area contributed by atoms with E-state index >= 15 is 0 Å². The number of para-hydroxylation sites is 2. The molecule has 3 unspecified atom stereocenters. The molecule has 53 heavy (non-hydrogen) atoms. The monoisotopic (exact) mass is 678 g/mol. The lowest BCUT2D eigenvalue weighted by molar-refractivity contribution is 0.725. The molecular formula is C51H38N2. The van der Waals surface area contributed by atoms with Gasteiger partial charge in [0.15, 0.2) is 0 Å². The van der Waals surface area contributed by atoms with Crippen molar-refractivity contribution >= 4 is 50.4 Å². The van der Waals surface area contributed by atoms with Gasteiger partial charge in [-0.15, -0.1) is 0 Å². The van der Waals surface area contributed by atoms with E-state index < -0.39 is 0 Å². The summed E-state index contributed by atoms with van der Waals surface area (Å²) in [5.74, 6) is 0.997. The molecule has 6 aromatic carbocycles. The molecule has 0 fully saturated rings. The molecule has 3 atom stereocenters. The Labute approximate surface area is 310 Å². The van der Waals surface area contributed by atoms with Crippen LogP contribution in [0.15, 0.2) is 187 Å². The van der Waals surface area contributed by atoms with E-state index in [4.69, 9.17) is 0 Å². The molecule has 0 bridgehead atoms. The fourth-order valence-corrected chi connectivity index (χ4v) is 9.65. The lowest BCUT2D eigenvalue weighted by atomic mass is 9.77. The molecule has 2 heteroatoms. The zero-order chi connectivity index (χ0) is 35.0. The summed E-state index contributed by atoms with van der Waals surface area (Å²) in [5.41, 5.74) is 15.5. The van der Waals surface area contributed by atoms with Crippen LogP contribution in [0.3, 0.4) is 0 Å². The quantitative estimate of drug-likeness (QED) is 0.176. The van der Waals surface area contributed by atoms with Crippen LogP contribution in [0.1, 0.15) is 36.0 Å². The molecule has 252 valence electrons. The van der Waals surface area contributed by atoms with Gasteiger partial charge in [0.1, 0.15) is 0 Å². The molecule has 4 aliphatic carbocycles. The first kappa shape index (κ1) is 30.3. The van der Waals surface area contributed by atoms with Crippen LogP contribution in [-0.2, 0) is 0 Å². The highest BCUT2D eigenvalue weighted by molar-refractivity contribution is 6.10. The zero-order valence-corrected chi connectivity index (χ0v) is 29.7. The molecule has 2 nitrogen and oxygen atoms in total. The highest BCUT2D eigenvalue weighted by Crippen LogP contribution is 2.55. The fourth-order valence-electron chi connectivity index (χ4n) is 9.65. The average molecular weight is 679 g/mol. The van der Waals surface area contributed by atoms with Gasteiger partial charge in [-0.1, -0.05) is 146 Å². The maximum atomic E-state index is 2.57. The van der Waals surface area contributed by atoms with E-state index in [1.165, 1.54) is 82.7 Å². The van der Waals surface area contributed by atoms with Crippen molar-refractivity contribution in [1.29, 1.82) is 0 Å². The number of anilines is 2. The van der Waals surface area contributed by atoms with Crippen LogP contribution < -0.4 is 15.3 Å². The van der Waals surface area contributed by atoms with Gasteiger partial charge >= 0.3 is 0 Å². The second-order valence-corrected chi connectivity index (χ2v) is 15.0. The number of allylic oxidation sites excluding steroid dienone is 7. The van der Waals surface area contributed by atoms with Gasteiger partial charge in [0.05, 0.1) is 16.7 Å². The predicted octanol–water partition coefficient (Wildman–Crippen LogP) is 11.1. The van der Waals surface area contributed by atoms with Gasteiger partial charge in [-0.25, -0.2) is 0 Å². The molecule has 4 aliphatic rings. The molecule has 0 radical (unpaired) electrons. The van der Waals surface area contributed by atoms with E-state index in [1.807, 2.05) is 0 Å². The Hall–Kier alpha value is -6.38. The number of nitrogens with zero attached hydrogens (tertiary/aromatic N) is 2. The normalized spacial score (nSPS) is 19.5. The first-order chi connectivity index (χ1) is 26.2. The number of rotatable bonds is 5. The van der Waals surface area contributed by atoms with Gasteiger partial charge in [-0.2, -0.15) is 0 Å². The fraction of sp³-hybridized carbons (Fsp3) is 0.0980. The molecule has 0 spiro atoms. The van der Waals surface area contributed by atoms with Crippen molar-refractivity contribution in [2.45, 2.75) is 19.3 Å².